The number of hydrogen-bond acceptors (Lipinski definition) is 2. The summed E-state index contributed by atoms with van der Waals surface area (Å²) < 4.78 is 0. The van der Waals surface area contributed by atoms with Gasteiger partial charge in [0.2, 0.25) is 0 Å². The third-order valence-corrected chi connectivity index (χ3v) is 3.38. The van der Waals surface area contributed by atoms with Gasteiger partial charge in [0.25, 0.3) is 0 Å². The van der Waals surface area contributed by atoms with Gasteiger partial charge in [-0.2, -0.15) is 0 Å². The lowest BCUT2D eigenvalue weighted by molar-refractivity contribution is 0.386. The van der Waals surface area contributed by atoms with Gasteiger partial charge in [0.05, 0.1) is 0 Å². The first-order valence-electron chi connectivity index (χ1n) is 6.41. The number of likely N-dealkylation sites (N-methyl/N-ethyl adjacent to an activating group) is 1. The van der Waals surface area contributed by atoms with E-state index in [4.69, 9.17) is 0 Å². The number of fused-ring (bicyclic) bond motifs is 1. The predicted molar refractivity (Wildman–Crippen MR) is 74.8 cm³/mol. The minimum Gasteiger partial charge on any atom is -0.380 e. The van der Waals surface area contributed by atoms with Crippen molar-refractivity contribution in [3.63, 3.8) is 0 Å². The molecule has 0 spiro atoms. The maximum atomic E-state index is 3.60. The van der Waals surface area contributed by atoms with Crippen molar-refractivity contribution in [1.29, 1.82) is 0 Å². The highest BCUT2D eigenvalue weighted by molar-refractivity contribution is 5.58. The van der Waals surface area contributed by atoms with Gasteiger partial charge >= 0.3 is 0 Å². The van der Waals surface area contributed by atoms with Gasteiger partial charge in [-0.15, -0.1) is 0 Å². The molecule has 0 fully saturated rings. The second kappa shape index (κ2) is 4.34. The van der Waals surface area contributed by atoms with Gasteiger partial charge in [0.1, 0.15) is 0 Å². The fourth-order valence-electron chi connectivity index (χ4n) is 2.46. The summed E-state index contributed by atoms with van der Waals surface area (Å²) in [6.45, 7) is 7.91. The van der Waals surface area contributed by atoms with Crippen LogP contribution >= 0.6 is 0 Å². The summed E-state index contributed by atoms with van der Waals surface area (Å²) in [4.78, 5) is 2.24. The van der Waals surface area contributed by atoms with Crippen LogP contribution in [-0.4, -0.2) is 31.6 Å². The highest BCUT2D eigenvalue weighted by Crippen LogP contribution is 2.31. The molecule has 2 rings (SSSR count). The lowest BCUT2D eigenvalue weighted by Crippen LogP contribution is -2.30. The Morgan fingerprint density at radius 3 is 2.59 bits per heavy atom. The van der Waals surface area contributed by atoms with E-state index in [0.717, 1.165) is 13.0 Å². The summed E-state index contributed by atoms with van der Waals surface area (Å²) >= 11 is 0. The van der Waals surface area contributed by atoms with E-state index in [1.165, 1.54) is 16.8 Å². The van der Waals surface area contributed by atoms with Gasteiger partial charge in [0, 0.05) is 18.3 Å². The van der Waals surface area contributed by atoms with Crippen molar-refractivity contribution >= 4 is 5.69 Å². The zero-order valence-corrected chi connectivity index (χ0v) is 11.7. The molecule has 1 atom stereocenters. The molecule has 0 amide bonds. The molecule has 0 bridgehead atoms. The molecule has 1 heterocycles. The molecule has 1 unspecified atom stereocenters. The fourth-order valence-corrected chi connectivity index (χ4v) is 2.46. The van der Waals surface area contributed by atoms with Gasteiger partial charge in [-0.3, -0.25) is 0 Å². The smallest absolute Gasteiger partial charge is 0.0429 e. The molecule has 1 N–H and O–H groups in total. The molecule has 0 aromatic heterocycles. The number of hydrogen-bond donors (Lipinski definition) is 1. The average Bonchev–Trinajstić information content (AvgIpc) is 2.55. The van der Waals surface area contributed by atoms with Gasteiger partial charge in [-0.1, -0.05) is 32.9 Å². The van der Waals surface area contributed by atoms with Crippen LogP contribution in [0.4, 0.5) is 5.69 Å². The van der Waals surface area contributed by atoms with Crippen LogP contribution in [0.1, 0.15) is 31.9 Å². The van der Waals surface area contributed by atoms with Crippen molar-refractivity contribution < 1.29 is 0 Å². The summed E-state index contributed by atoms with van der Waals surface area (Å²) in [6, 6.07) is 7.43. The summed E-state index contributed by atoms with van der Waals surface area (Å²) in [6.07, 6.45) is 1.15. The van der Waals surface area contributed by atoms with Gasteiger partial charge < -0.3 is 10.2 Å². The number of benzene rings is 1. The van der Waals surface area contributed by atoms with Crippen molar-refractivity contribution in [2.75, 3.05) is 26.0 Å². The molecule has 1 aliphatic heterocycles. The Kier molecular flexibility index (Phi) is 3.17. The van der Waals surface area contributed by atoms with E-state index in [1.807, 2.05) is 0 Å². The van der Waals surface area contributed by atoms with Crippen LogP contribution in [0.15, 0.2) is 18.2 Å². The Bertz CT molecular complexity index is 402. The first kappa shape index (κ1) is 12.4. The second-order valence-electron chi connectivity index (χ2n) is 6.43. The van der Waals surface area contributed by atoms with Gasteiger partial charge in [-0.05, 0) is 43.1 Å². The van der Waals surface area contributed by atoms with Crippen LogP contribution in [-0.2, 0) is 11.8 Å². The molecule has 2 nitrogen and oxygen atoms in total. The maximum absolute atomic E-state index is 3.60. The minimum absolute atomic E-state index is 0.245. The molecular weight excluding hydrogens is 208 g/mol. The number of anilines is 1. The highest BCUT2D eigenvalue weighted by Gasteiger charge is 2.23. The van der Waals surface area contributed by atoms with Crippen LogP contribution in [0.3, 0.4) is 0 Å². The summed E-state index contributed by atoms with van der Waals surface area (Å²) in [5, 5.41) is 3.60. The molecule has 0 radical (unpaired) electrons. The largest absolute Gasteiger partial charge is 0.380 e. The lowest BCUT2D eigenvalue weighted by atomic mass is 9.86. The van der Waals surface area contributed by atoms with Crippen LogP contribution < -0.4 is 5.32 Å². The molecule has 17 heavy (non-hydrogen) atoms. The van der Waals surface area contributed by atoms with E-state index >= 15 is 0 Å². The molecule has 1 aromatic carbocycles. The van der Waals surface area contributed by atoms with Gasteiger partial charge in [-0.25, -0.2) is 0 Å². The quantitative estimate of drug-likeness (QED) is 0.843. The molecule has 1 aromatic rings. The van der Waals surface area contributed by atoms with E-state index in [1.54, 1.807) is 0 Å². The van der Waals surface area contributed by atoms with E-state index in [2.05, 4.69) is 63.3 Å². The zero-order chi connectivity index (χ0) is 12.6. The monoisotopic (exact) mass is 232 g/mol. The van der Waals surface area contributed by atoms with Crippen LogP contribution in [0.25, 0.3) is 0 Å². The van der Waals surface area contributed by atoms with Crippen molar-refractivity contribution in [2.45, 2.75) is 38.6 Å². The van der Waals surface area contributed by atoms with E-state index in [-0.39, 0.29) is 5.41 Å². The van der Waals surface area contributed by atoms with E-state index in [0.29, 0.717) is 6.04 Å². The normalized spacial score (nSPS) is 19.3. The molecule has 0 aliphatic carbocycles. The number of rotatable bonds is 2. The third kappa shape index (κ3) is 2.81. The lowest BCUT2D eigenvalue weighted by Gasteiger charge is -2.19. The van der Waals surface area contributed by atoms with E-state index < -0.39 is 0 Å². The molecule has 94 valence electrons. The Hall–Kier alpha value is -1.02. The zero-order valence-electron chi connectivity index (χ0n) is 11.7. The van der Waals surface area contributed by atoms with Crippen LogP contribution in [0.5, 0.6) is 0 Å². The van der Waals surface area contributed by atoms with Crippen LogP contribution in [0.2, 0.25) is 0 Å². The van der Waals surface area contributed by atoms with Crippen molar-refractivity contribution in [3.05, 3.63) is 29.3 Å². The SMILES string of the molecule is CN(C)CC1Cc2cc(C(C)(C)C)ccc2N1. The summed E-state index contributed by atoms with van der Waals surface area (Å²) in [5.74, 6) is 0. The summed E-state index contributed by atoms with van der Waals surface area (Å²) in [7, 11) is 4.26. The Morgan fingerprint density at radius 2 is 2.00 bits per heavy atom. The van der Waals surface area contributed by atoms with Crippen molar-refractivity contribution in [3.8, 4) is 0 Å². The molecular formula is C15H24N2. The van der Waals surface area contributed by atoms with Crippen molar-refractivity contribution in [1.82, 2.24) is 4.90 Å². The highest BCUT2D eigenvalue weighted by atomic mass is 15.1. The minimum atomic E-state index is 0.245. The third-order valence-electron chi connectivity index (χ3n) is 3.38. The topological polar surface area (TPSA) is 15.3 Å². The fraction of sp³-hybridized carbons (Fsp3) is 0.600. The first-order valence-corrected chi connectivity index (χ1v) is 6.41. The molecule has 0 saturated carbocycles. The molecule has 2 heteroatoms. The molecule has 1 aliphatic rings. The average molecular weight is 232 g/mol. The number of nitrogens with zero attached hydrogens (tertiary/aromatic N) is 1. The second-order valence-corrected chi connectivity index (χ2v) is 6.43. The Labute approximate surface area is 105 Å². The standard InChI is InChI=1S/C15H24N2/c1-15(2,3)12-6-7-14-11(8-12)9-13(16-14)10-17(4)5/h6-8,13,16H,9-10H2,1-5H3. The molecule has 0 saturated heterocycles. The van der Waals surface area contributed by atoms with Gasteiger partial charge in [0.15, 0.2) is 0 Å². The Balaban J connectivity index is 2.17. The Morgan fingerprint density at radius 1 is 1.29 bits per heavy atom. The first-order chi connectivity index (χ1) is 7.86. The van der Waals surface area contributed by atoms with Crippen LogP contribution in [0, 0.1) is 0 Å². The maximum Gasteiger partial charge on any atom is 0.0429 e. The van der Waals surface area contributed by atoms with Crippen molar-refractivity contribution in [2.24, 2.45) is 0 Å². The summed E-state index contributed by atoms with van der Waals surface area (Å²) in [5.41, 5.74) is 4.48. The predicted octanol–water partition coefficient (Wildman–Crippen LogP) is 2.88. The number of nitrogens with one attached hydrogen (secondary N) is 1. The van der Waals surface area contributed by atoms with E-state index in [9.17, 15) is 0 Å².